The number of rotatable bonds is 1. The second kappa shape index (κ2) is 5.33. The molecule has 6 rings (SSSR count). The van der Waals surface area contributed by atoms with Gasteiger partial charge < -0.3 is 14.5 Å². The minimum Gasteiger partial charge on any atom is -0.335 e. The molecule has 132 valence electrons. The highest BCUT2D eigenvalue weighted by molar-refractivity contribution is 5.84. The van der Waals surface area contributed by atoms with Gasteiger partial charge in [0, 0.05) is 24.2 Å². The molecule has 2 unspecified atom stereocenters. The van der Waals surface area contributed by atoms with E-state index in [9.17, 15) is 8.78 Å². The van der Waals surface area contributed by atoms with Crippen LogP contribution < -0.4 is 10.6 Å². The van der Waals surface area contributed by atoms with Gasteiger partial charge in [-0.25, -0.2) is 13.8 Å². The van der Waals surface area contributed by atoms with Gasteiger partial charge in [-0.05, 0) is 49.4 Å². The summed E-state index contributed by atoms with van der Waals surface area (Å²) in [6.07, 6.45) is 3.10. The van der Waals surface area contributed by atoms with Crippen LogP contribution in [0, 0.1) is 17.6 Å². The molecule has 2 bridgehead atoms. The summed E-state index contributed by atoms with van der Waals surface area (Å²) in [7, 11) is 0. The zero-order chi connectivity index (χ0) is 17.2. The fraction of sp³-hybridized carbons (Fsp3) is 0.500. The molecular formula is C18H20F2N4O. The van der Waals surface area contributed by atoms with Crippen LogP contribution in [-0.4, -0.2) is 48.0 Å². The number of nitrogens with zero attached hydrogens (tertiary/aromatic N) is 3. The van der Waals surface area contributed by atoms with Gasteiger partial charge in [-0.3, -0.25) is 5.73 Å². The van der Waals surface area contributed by atoms with Crippen molar-refractivity contribution in [2.45, 2.75) is 24.8 Å². The highest BCUT2D eigenvalue weighted by Crippen LogP contribution is 2.43. The van der Waals surface area contributed by atoms with E-state index in [1.807, 2.05) is 4.90 Å². The molecule has 4 fully saturated rings. The molecule has 5 nitrogen and oxygen atoms in total. The maximum absolute atomic E-state index is 13.9. The summed E-state index contributed by atoms with van der Waals surface area (Å²) in [5.41, 5.74) is 5.99. The van der Waals surface area contributed by atoms with Crippen molar-refractivity contribution in [2.24, 2.45) is 11.7 Å². The standard InChI is InChI=1S/C18H20F2N4O/c19-13-5-11-6-16(22-8-14(11)15(20)7-13)24-10-18(25-17(24)21)9-23-3-1-12(18)2-4-23/h5-8,12,17H,1-4,9-10,21H2. The number of anilines is 1. The molecule has 2 aromatic rings. The van der Waals surface area contributed by atoms with Crippen molar-refractivity contribution in [3.8, 4) is 0 Å². The van der Waals surface area contributed by atoms with Gasteiger partial charge in [0.2, 0.25) is 0 Å². The lowest BCUT2D eigenvalue weighted by Crippen LogP contribution is -2.61. The lowest BCUT2D eigenvalue weighted by atomic mass is 9.75. The van der Waals surface area contributed by atoms with E-state index < -0.39 is 18.0 Å². The zero-order valence-electron chi connectivity index (χ0n) is 13.8. The summed E-state index contributed by atoms with van der Waals surface area (Å²) in [5, 5.41) is 0.779. The van der Waals surface area contributed by atoms with Crippen LogP contribution >= 0.6 is 0 Å². The van der Waals surface area contributed by atoms with Crippen LogP contribution in [0.25, 0.3) is 10.8 Å². The van der Waals surface area contributed by atoms with Crippen molar-refractivity contribution in [2.75, 3.05) is 31.1 Å². The molecule has 7 heteroatoms. The van der Waals surface area contributed by atoms with Crippen molar-refractivity contribution in [1.29, 1.82) is 0 Å². The van der Waals surface area contributed by atoms with Crippen LogP contribution in [0.4, 0.5) is 14.6 Å². The van der Waals surface area contributed by atoms with Gasteiger partial charge in [-0.2, -0.15) is 0 Å². The van der Waals surface area contributed by atoms with E-state index >= 15 is 0 Å². The van der Waals surface area contributed by atoms with E-state index in [1.54, 1.807) is 6.07 Å². The Hall–Kier alpha value is -1.83. The third-order valence-electron chi connectivity index (χ3n) is 5.95. The van der Waals surface area contributed by atoms with Gasteiger partial charge in [-0.1, -0.05) is 0 Å². The number of fused-ring (bicyclic) bond motifs is 3. The van der Waals surface area contributed by atoms with E-state index in [0.717, 1.165) is 38.5 Å². The first-order valence-electron chi connectivity index (χ1n) is 8.71. The molecule has 0 radical (unpaired) electrons. The minimum absolute atomic E-state index is 0.264. The summed E-state index contributed by atoms with van der Waals surface area (Å²) in [6, 6.07) is 3.87. The molecule has 0 amide bonds. The Bertz CT molecular complexity index is 839. The van der Waals surface area contributed by atoms with E-state index in [2.05, 4.69) is 9.88 Å². The highest BCUT2D eigenvalue weighted by Gasteiger charge is 2.54. The molecule has 1 spiro atoms. The van der Waals surface area contributed by atoms with Gasteiger partial charge in [0.1, 0.15) is 23.1 Å². The largest absolute Gasteiger partial charge is 0.335 e. The topological polar surface area (TPSA) is 54.6 Å². The van der Waals surface area contributed by atoms with Crippen molar-refractivity contribution in [3.05, 3.63) is 36.0 Å². The summed E-state index contributed by atoms with van der Waals surface area (Å²) in [5.74, 6) is -0.106. The summed E-state index contributed by atoms with van der Waals surface area (Å²) in [4.78, 5) is 8.69. The Balaban J connectivity index is 1.50. The number of ether oxygens (including phenoxy) is 1. The molecule has 4 saturated heterocycles. The quantitative estimate of drug-likeness (QED) is 0.857. The number of pyridine rings is 1. The molecule has 0 aliphatic carbocycles. The number of hydrogen-bond acceptors (Lipinski definition) is 5. The second-order valence-electron chi connectivity index (χ2n) is 7.40. The average Bonchev–Trinajstić information content (AvgIpc) is 2.91. The molecule has 4 aliphatic rings. The summed E-state index contributed by atoms with van der Waals surface area (Å²) >= 11 is 0. The molecule has 25 heavy (non-hydrogen) atoms. The summed E-state index contributed by atoms with van der Waals surface area (Å²) in [6.45, 7) is 3.79. The van der Waals surface area contributed by atoms with Crippen LogP contribution in [0.2, 0.25) is 0 Å². The lowest BCUT2D eigenvalue weighted by Gasteiger charge is -2.50. The zero-order valence-corrected chi connectivity index (χ0v) is 13.8. The molecule has 5 heterocycles. The van der Waals surface area contributed by atoms with Gasteiger partial charge in [0.25, 0.3) is 0 Å². The predicted octanol–water partition coefficient (Wildman–Crippen LogP) is 2.06. The maximum atomic E-state index is 13.9. The molecular weight excluding hydrogens is 326 g/mol. The molecule has 2 atom stereocenters. The molecule has 1 aromatic heterocycles. The first-order valence-corrected chi connectivity index (χ1v) is 8.71. The number of piperidine rings is 3. The van der Waals surface area contributed by atoms with Crippen LogP contribution in [0.5, 0.6) is 0 Å². The van der Waals surface area contributed by atoms with E-state index in [4.69, 9.17) is 10.5 Å². The Morgan fingerprint density at radius 2 is 1.96 bits per heavy atom. The molecule has 0 saturated carbocycles. The first kappa shape index (κ1) is 15.4. The molecule has 2 N–H and O–H groups in total. The Morgan fingerprint density at radius 1 is 1.16 bits per heavy atom. The van der Waals surface area contributed by atoms with Crippen LogP contribution in [0.1, 0.15) is 12.8 Å². The monoisotopic (exact) mass is 346 g/mol. The molecule has 4 aliphatic heterocycles. The summed E-state index contributed by atoms with van der Waals surface area (Å²) < 4.78 is 33.6. The number of nitrogens with two attached hydrogens (primary N) is 1. The SMILES string of the molecule is NC1OC2(CN3CCC2CC3)CN1c1cc2cc(F)cc(F)c2cn1. The number of aromatic nitrogens is 1. The van der Waals surface area contributed by atoms with Gasteiger partial charge in [0.15, 0.2) is 6.35 Å². The van der Waals surface area contributed by atoms with Gasteiger partial charge >= 0.3 is 0 Å². The van der Waals surface area contributed by atoms with Gasteiger partial charge in [0.05, 0.1) is 6.54 Å². The fourth-order valence-corrected chi connectivity index (χ4v) is 4.69. The van der Waals surface area contributed by atoms with E-state index in [0.29, 0.717) is 29.1 Å². The second-order valence-corrected chi connectivity index (χ2v) is 7.40. The van der Waals surface area contributed by atoms with Crippen LogP contribution in [0.15, 0.2) is 24.4 Å². The highest BCUT2D eigenvalue weighted by atomic mass is 19.1. The first-order chi connectivity index (χ1) is 12.0. The van der Waals surface area contributed by atoms with Crippen LogP contribution in [0.3, 0.4) is 0 Å². The Morgan fingerprint density at radius 3 is 2.68 bits per heavy atom. The number of halogens is 2. The Labute approximate surface area is 144 Å². The van der Waals surface area contributed by atoms with E-state index in [1.165, 1.54) is 12.3 Å². The van der Waals surface area contributed by atoms with E-state index in [-0.39, 0.29) is 5.60 Å². The third kappa shape index (κ3) is 2.33. The normalized spacial score (nSPS) is 34.4. The van der Waals surface area contributed by atoms with Crippen molar-refractivity contribution in [3.63, 3.8) is 0 Å². The molecule has 1 aromatic carbocycles. The fourth-order valence-electron chi connectivity index (χ4n) is 4.69. The van der Waals surface area contributed by atoms with Crippen molar-refractivity contribution in [1.82, 2.24) is 9.88 Å². The predicted molar refractivity (Wildman–Crippen MR) is 90.0 cm³/mol. The van der Waals surface area contributed by atoms with Gasteiger partial charge in [-0.15, -0.1) is 0 Å². The van der Waals surface area contributed by atoms with Crippen LogP contribution in [-0.2, 0) is 4.74 Å². The average molecular weight is 346 g/mol. The lowest BCUT2D eigenvalue weighted by molar-refractivity contribution is -0.137. The number of benzene rings is 1. The smallest absolute Gasteiger partial charge is 0.186 e. The Kier molecular flexibility index (Phi) is 3.29. The van der Waals surface area contributed by atoms with Crippen molar-refractivity contribution >= 4 is 16.6 Å². The number of hydrogen-bond donors (Lipinski definition) is 1. The van der Waals surface area contributed by atoms with Crippen molar-refractivity contribution < 1.29 is 13.5 Å². The minimum atomic E-state index is -0.607. The third-order valence-corrected chi connectivity index (χ3v) is 5.95. The maximum Gasteiger partial charge on any atom is 0.186 e.